The molecule has 1 N–H and O–H groups in total. The Kier molecular flexibility index (Phi) is 4.86. The zero-order valence-electron chi connectivity index (χ0n) is 17.8. The first-order valence-corrected chi connectivity index (χ1v) is 12.5. The van der Waals surface area contributed by atoms with Crippen molar-refractivity contribution in [1.82, 2.24) is 34.5 Å². The second-order valence-corrected chi connectivity index (χ2v) is 10.8. The van der Waals surface area contributed by atoms with Crippen LogP contribution in [0.4, 0.5) is 0 Å². The molecule has 0 aromatic carbocycles. The summed E-state index contributed by atoms with van der Waals surface area (Å²) >= 11 is 3.04. The minimum absolute atomic E-state index is 0.0408. The van der Waals surface area contributed by atoms with Crippen LogP contribution in [0.1, 0.15) is 37.1 Å². The van der Waals surface area contributed by atoms with Crippen LogP contribution in [0.2, 0.25) is 0 Å². The van der Waals surface area contributed by atoms with Crippen molar-refractivity contribution in [2.24, 2.45) is 0 Å². The summed E-state index contributed by atoms with van der Waals surface area (Å²) in [6.45, 7) is 6.11. The summed E-state index contributed by atoms with van der Waals surface area (Å²) < 4.78 is 15.3. The van der Waals surface area contributed by atoms with Gasteiger partial charge in [-0.3, -0.25) is 4.79 Å². The molecule has 6 rings (SSSR count). The predicted molar refractivity (Wildman–Crippen MR) is 120 cm³/mol. The molecule has 4 aromatic heterocycles. The monoisotopic (exact) mass is 473 g/mol. The first-order chi connectivity index (χ1) is 15.5. The molecule has 1 atom stereocenters. The maximum atomic E-state index is 12.4. The minimum atomic E-state index is -0.237. The van der Waals surface area contributed by atoms with Crippen LogP contribution in [0.5, 0.6) is 0 Å². The van der Waals surface area contributed by atoms with Gasteiger partial charge in [0.25, 0.3) is 5.78 Å². The number of nitrogens with one attached hydrogen (secondary N) is 1. The quantitative estimate of drug-likeness (QED) is 0.440. The Balaban J connectivity index is 1.36. The molecule has 1 fully saturated rings. The molecule has 0 aliphatic carbocycles. The number of ether oxygens (including phenoxy) is 2. The van der Waals surface area contributed by atoms with Crippen LogP contribution in [0.25, 0.3) is 21.6 Å². The topological polar surface area (TPSA) is 108 Å². The van der Waals surface area contributed by atoms with E-state index in [0.29, 0.717) is 24.1 Å². The number of thiophene rings is 1. The Hall–Kier alpha value is -2.28. The van der Waals surface area contributed by atoms with Crippen LogP contribution in [-0.2, 0) is 27.3 Å². The van der Waals surface area contributed by atoms with E-state index in [0.717, 1.165) is 41.7 Å². The number of thioether (sulfide) groups is 1. The third-order valence-corrected chi connectivity index (χ3v) is 8.05. The maximum absolute atomic E-state index is 12.4. The van der Waals surface area contributed by atoms with E-state index in [4.69, 9.17) is 9.47 Å². The van der Waals surface area contributed by atoms with Gasteiger partial charge in [-0.15, -0.1) is 21.5 Å². The fraction of sp³-hybridized carbons (Fsp3) is 0.550. The number of rotatable bonds is 5. The van der Waals surface area contributed by atoms with Crippen LogP contribution >= 0.6 is 23.1 Å². The van der Waals surface area contributed by atoms with Gasteiger partial charge in [-0.25, -0.2) is 9.38 Å². The largest absolute Gasteiger partial charge is 0.376 e. The standard InChI is InChI=1S/C20H23N7O3S2/c1-20(2)6-12-13(8-30-20)32-17-15(12)16-22-10-23-27(16)18-24-25-19(26(17)18)31-9-14(28)21-7-11-4-3-5-29-11/h10-11H,3-9H2,1-2H3,(H,21,28). The summed E-state index contributed by atoms with van der Waals surface area (Å²) in [5.74, 6) is 0.804. The van der Waals surface area contributed by atoms with E-state index in [-0.39, 0.29) is 23.4 Å². The minimum Gasteiger partial charge on any atom is -0.376 e. The van der Waals surface area contributed by atoms with Gasteiger partial charge >= 0.3 is 0 Å². The molecule has 1 amide bonds. The predicted octanol–water partition coefficient (Wildman–Crippen LogP) is 2.23. The fourth-order valence-corrected chi connectivity index (χ4v) is 6.42. The zero-order chi connectivity index (χ0) is 21.9. The summed E-state index contributed by atoms with van der Waals surface area (Å²) in [6, 6.07) is 0. The van der Waals surface area contributed by atoms with Crippen molar-refractivity contribution >= 4 is 50.6 Å². The molecule has 10 nitrogen and oxygen atoms in total. The highest BCUT2D eigenvalue weighted by Crippen LogP contribution is 2.41. The number of amides is 1. The van der Waals surface area contributed by atoms with Gasteiger partial charge in [0.1, 0.15) is 11.2 Å². The van der Waals surface area contributed by atoms with E-state index in [1.54, 1.807) is 22.2 Å². The molecule has 0 spiro atoms. The van der Waals surface area contributed by atoms with E-state index in [1.807, 2.05) is 4.40 Å². The lowest BCUT2D eigenvalue weighted by Gasteiger charge is -2.30. The van der Waals surface area contributed by atoms with Crippen molar-refractivity contribution in [3.8, 4) is 0 Å². The van der Waals surface area contributed by atoms with Crippen molar-refractivity contribution in [1.29, 1.82) is 0 Å². The van der Waals surface area contributed by atoms with Crippen molar-refractivity contribution in [2.75, 3.05) is 18.9 Å². The van der Waals surface area contributed by atoms with Gasteiger partial charge in [0.05, 0.1) is 29.5 Å². The van der Waals surface area contributed by atoms with Crippen molar-refractivity contribution < 1.29 is 14.3 Å². The Labute approximate surface area is 191 Å². The first kappa shape index (κ1) is 20.3. The highest BCUT2D eigenvalue weighted by atomic mass is 32.2. The number of carbonyl (C=O) groups is 1. The van der Waals surface area contributed by atoms with Crippen molar-refractivity contribution in [2.45, 2.75) is 56.6 Å². The van der Waals surface area contributed by atoms with Crippen molar-refractivity contribution in [3.63, 3.8) is 0 Å². The van der Waals surface area contributed by atoms with E-state index in [9.17, 15) is 4.79 Å². The molecular weight excluding hydrogens is 450 g/mol. The lowest BCUT2D eigenvalue weighted by atomic mass is 9.94. The van der Waals surface area contributed by atoms with Crippen LogP contribution in [-0.4, -0.2) is 65.7 Å². The van der Waals surface area contributed by atoms with Crippen LogP contribution < -0.4 is 5.32 Å². The Bertz CT molecular complexity index is 1340. The lowest BCUT2D eigenvalue weighted by Crippen LogP contribution is -2.32. The summed E-state index contributed by atoms with van der Waals surface area (Å²) in [7, 11) is 0. The lowest BCUT2D eigenvalue weighted by molar-refractivity contribution is -0.119. The maximum Gasteiger partial charge on any atom is 0.260 e. The van der Waals surface area contributed by atoms with Crippen LogP contribution in [0, 0.1) is 0 Å². The van der Waals surface area contributed by atoms with Gasteiger partial charge in [-0.1, -0.05) is 11.8 Å². The van der Waals surface area contributed by atoms with E-state index in [1.165, 1.54) is 22.2 Å². The molecule has 2 aliphatic rings. The average molecular weight is 474 g/mol. The van der Waals surface area contributed by atoms with Gasteiger partial charge in [0.15, 0.2) is 10.8 Å². The fourth-order valence-electron chi connectivity index (χ4n) is 4.37. The van der Waals surface area contributed by atoms with Crippen LogP contribution in [0.15, 0.2) is 11.5 Å². The van der Waals surface area contributed by atoms with Crippen LogP contribution in [0.3, 0.4) is 0 Å². The summed E-state index contributed by atoms with van der Waals surface area (Å²) in [6.07, 6.45) is 4.52. The molecule has 0 radical (unpaired) electrons. The second-order valence-electron chi connectivity index (χ2n) is 8.75. The number of hydrogen-bond acceptors (Lipinski definition) is 9. The van der Waals surface area contributed by atoms with E-state index >= 15 is 0 Å². The second kappa shape index (κ2) is 7.65. The molecular formula is C20H23N7O3S2. The molecule has 1 saturated heterocycles. The normalized spacial score (nSPS) is 20.4. The molecule has 32 heavy (non-hydrogen) atoms. The molecule has 12 heteroatoms. The molecule has 0 bridgehead atoms. The SMILES string of the molecule is CC1(C)Cc2c(sc3c2c2ncnn2c2nnc(SCC(=O)NCC4CCCO4)n32)CO1. The van der Waals surface area contributed by atoms with Gasteiger partial charge in [-0.2, -0.15) is 9.61 Å². The number of carbonyl (C=O) groups excluding carboxylic acids is 1. The third kappa shape index (κ3) is 3.36. The Morgan fingerprint density at radius 2 is 2.31 bits per heavy atom. The molecule has 0 saturated carbocycles. The van der Waals surface area contributed by atoms with Gasteiger partial charge < -0.3 is 14.8 Å². The highest BCUT2D eigenvalue weighted by Gasteiger charge is 2.32. The summed E-state index contributed by atoms with van der Waals surface area (Å²) in [5.41, 5.74) is 1.79. The highest BCUT2D eigenvalue weighted by molar-refractivity contribution is 7.99. The van der Waals surface area contributed by atoms with Gasteiger partial charge in [-0.05, 0) is 32.3 Å². The molecule has 4 aromatic rings. The molecule has 1 unspecified atom stereocenters. The Morgan fingerprint density at radius 3 is 3.16 bits per heavy atom. The zero-order valence-corrected chi connectivity index (χ0v) is 19.5. The number of aromatic nitrogens is 6. The number of fused-ring (bicyclic) bond motifs is 8. The first-order valence-electron chi connectivity index (χ1n) is 10.7. The van der Waals surface area contributed by atoms with Gasteiger partial charge in [0, 0.05) is 24.4 Å². The smallest absolute Gasteiger partial charge is 0.260 e. The summed E-state index contributed by atoms with van der Waals surface area (Å²) in [4.78, 5) is 19.1. The average Bonchev–Trinajstić information content (AvgIpc) is 3.54. The van der Waals surface area contributed by atoms with E-state index in [2.05, 4.69) is 39.4 Å². The van der Waals surface area contributed by atoms with Crippen molar-refractivity contribution in [3.05, 3.63) is 16.8 Å². The molecule has 168 valence electrons. The number of nitrogens with zero attached hydrogens (tertiary/aromatic N) is 6. The molecule has 6 heterocycles. The third-order valence-electron chi connectivity index (χ3n) is 5.93. The summed E-state index contributed by atoms with van der Waals surface area (Å²) in [5, 5.41) is 17.8. The van der Waals surface area contributed by atoms with Gasteiger partial charge in [0.2, 0.25) is 5.91 Å². The molecule has 2 aliphatic heterocycles. The number of hydrogen-bond donors (Lipinski definition) is 1. The Morgan fingerprint density at radius 1 is 1.41 bits per heavy atom. The van der Waals surface area contributed by atoms with E-state index < -0.39 is 0 Å².